The van der Waals surface area contributed by atoms with Crippen LogP contribution in [0, 0.1) is 11.2 Å². The van der Waals surface area contributed by atoms with Crippen molar-refractivity contribution < 1.29 is 31.9 Å². The van der Waals surface area contributed by atoms with Gasteiger partial charge in [0.25, 0.3) is 11.8 Å². The van der Waals surface area contributed by atoms with Crippen molar-refractivity contribution in [1.82, 2.24) is 15.1 Å². The molecule has 6 nitrogen and oxygen atoms in total. The van der Waals surface area contributed by atoms with Gasteiger partial charge in [-0.2, -0.15) is 13.2 Å². The summed E-state index contributed by atoms with van der Waals surface area (Å²) in [5.41, 5.74) is 2.09. The van der Waals surface area contributed by atoms with Gasteiger partial charge in [0.15, 0.2) is 11.6 Å². The highest BCUT2D eigenvalue weighted by Gasteiger charge is 2.42. The number of alkyl halides is 3. The second-order valence-corrected chi connectivity index (χ2v) is 12.8. The summed E-state index contributed by atoms with van der Waals surface area (Å²) in [5.74, 6) is -0.890. The number of hydrogen-bond acceptors (Lipinski definition) is 4. The molecule has 1 spiro atoms. The zero-order chi connectivity index (χ0) is 31.9. The van der Waals surface area contributed by atoms with Crippen LogP contribution in [0.1, 0.15) is 74.7 Å². The van der Waals surface area contributed by atoms with E-state index in [2.05, 4.69) is 10.2 Å². The maximum Gasteiger partial charge on any atom is 0.416 e. The molecule has 238 valence electrons. The van der Waals surface area contributed by atoms with Crippen LogP contribution < -0.4 is 10.1 Å². The highest BCUT2D eigenvalue weighted by Crippen LogP contribution is 2.42. The number of carbonyl (C=O) groups excluding carboxylic acids is 2. The zero-order valence-corrected chi connectivity index (χ0v) is 25.6. The van der Waals surface area contributed by atoms with Crippen LogP contribution in [0.5, 0.6) is 5.75 Å². The van der Waals surface area contributed by atoms with Crippen molar-refractivity contribution in [3.8, 4) is 5.75 Å². The minimum absolute atomic E-state index is 0.0504. The monoisotopic (exact) mass is 643 g/mol. The van der Waals surface area contributed by atoms with Crippen LogP contribution in [0.4, 0.5) is 17.6 Å². The van der Waals surface area contributed by atoms with Crippen molar-refractivity contribution in [2.24, 2.45) is 5.41 Å². The third-order valence-electron chi connectivity index (χ3n) is 9.58. The molecule has 45 heavy (non-hydrogen) atoms. The van der Waals surface area contributed by atoms with Gasteiger partial charge in [0.1, 0.15) is 0 Å². The van der Waals surface area contributed by atoms with E-state index in [9.17, 15) is 27.2 Å². The summed E-state index contributed by atoms with van der Waals surface area (Å²) < 4.78 is 58.9. The standard InChI is InChI=1S/C34H34ClF4N3O3/c1-45-30-9-2-21(16-28(30)36)19-41-13-10-33(11-14-41)12-15-42(20-33)32(44)23-4-3-22-5-8-29(25(22)17-23)40-31(43)26-18-24(34(37,38)39)6-7-27(26)35/h2-4,6-7,9,16-18,29H,5,8,10-15,19-20H2,1H3,(H,40,43). The maximum absolute atomic E-state index is 14.1. The van der Waals surface area contributed by atoms with Crippen molar-refractivity contribution >= 4 is 23.4 Å². The van der Waals surface area contributed by atoms with Gasteiger partial charge >= 0.3 is 6.18 Å². The van der Waals surface area contributed by atoms with Gasteiger partial charge in [0.05, 0.1) is 29.3 Å². The summed E-state index contributed by atoms with van der Waals surface area (Å²) in [4.78, 5) is 30.9. The number of likely N-dealkylation sites (tertiary alicyclic amines) is 2. The maximum atomic E-state index is 14.1. The zero-order valence-electron chi connectivity index (χ0n) is 24.9. The van der Waals surface area contributed by atoms with Crippen LogP contribution in [-0.2, 0) is 19.1 Å². The lowest BCUT2D eigenvalue weighted by Crippen LogP contribution is -2.42. The molecule has 6 rings (SSSR count). The quantitative estimate of drug-likeness (QED) is 0.293. The Balaban J connectivity index is 1.08. The Morgan fingerprint density at radius 3 is 2.49 bits per heavy atom. The molecule has 11 heteroatoms. The SMILES string of the molecule is COc1ccc(CN2CCC3(CC2)CCN(C(=O)c2ccc4c(c2)C(NC(=O)c2cc(C(F)(F)F)ccc2Cl)CC4)C3)cc1F. The van der Waals surface area contributed by atoms with Gasteiger partial charge in [-0.25, -0.2) is 4.39 Å². The first-order chi connectivity index (χ1) is 21.4. The summed E-state index contributed by atoms with van der Waals surface area (Å²) in [6.45, 7) is 3.72. The number of piperidine rings is 1. The van der Waals surface area contributed by atoms with Gasteiger partial charge in [0, 0.05) is 25.2 Å². The number of halogens is 5. The average Bonchev–Trinajstić information content (AvgIpc) is 3.61. The number of benzene rings is 3. The van der Waals surface area contributed by atoms with Crippen LogP contribution in [-0.4, -0.2) is 54.9 Å². The molecule has 2 amide bonds. The Morgan fingerprint density at radius 2 is 1.78 bits per heavy atom. The van der Waals surface area contributed by atoms with Crippen LogP contribution >= 0.6 is 11.6 Å². The number of nitrogens with one attached hydrogen (secondary N) is 1. The molecule has 1 atom stereocenters. The number of fused-ring (bicyclic) bond motifs is 1. The fourth-order valence-corrected chi connectivity index (χ4v) is 7.15. The normalized spacial score (nSPS) is 19.5. The van der Waals surface area contributed by atoms with Crippen LogP contribution in [0.2, 0.25) is 5.02 Å². The number of hydrogen-bond donors (Lipinski definition) is 1. The van der Waals surface area contributed by atoms with E-state index in [0.717, 1.165) is 67.2 Å². The number of carbonyl (C=O) groups is 2. The summed E-state index contributed by atoms with van der Waals surface area (Å²) >= 11 is 6.09. The molecule has 2 aliphatic heterocycles. The molecule has 2 saturated heterocycles. The number of amides is 2. The third-order valence-corrected chi connectivity index (χ3v) is 9.91. The molecule has 0 aromatic heterocycles. The highest BCUT2D eigenvalue weighted by molar-refractivity contribution is 6.33. The van der Waals surface area contributed by atoms with E-state index in [0.29, 0.717) is 38.0 Å². The van der Waals surface area contributed by atoms with E-state index in [1.165, 1.54) is 13.2 Å². The molecule has 1 aliphatic carbocycles. The summed E-state index contributed by atoms with van der Waals surface area (Å²) in [7, 11) is 1.45. The fourth-order valence-electron chi connectivity index (χ4n) is 6.95. The van der Waals surface area contributed by atoms with Gasteiger partial charge in [0.2, 0.25) is 0 Å². The molecule has 3 aromatic carbocycles. The molecule has 2 heterocycles. The van der Waals surface area contributed by atoms with Gasteiger partial charge < -0.3 is 15.0 Å². The third kappa shape index (κ3) is 6.53. The van der Waals surface area contributed by atoms with Crippen molar-refractivity contribution in [2.45, 2.75) is 50.9 Å². The lowest BCUT2D eigenvalue weighted by Gasteiger charge is -2.39. The fraction of sp³-hybridized carbons (Fsp3) is 0.412. The average molecular weight is 644 g/mol. The van der Waals surface area contributed by atoms with Crippen molar-refractivity contribution in [3.05, 3.63) is 98.8 Å². The first kappa shape index (κ1) is 31.4. The number of methoxy groups -OCH3 is 1. The van der Waals surface area contributed by atoms with E-state index < -0.39 is 23.7 Å². The topological polar surface area (TPSA) is 61.9 Å². The van der Waals surface area contributed by atoms with E-state index >= 15 is 0 Å². The van der Waals surface area contributed by atoms with E-state index in [1.807, 2.05) is 29.2 Å². The van der Waals surface area contributed by atoms with E-state index in [-0.39, 0.29) is 33.5 Å². The van der Waals surface area contributed by atoms with Gasteiger partial charge in [-0.1, -0.05) is 23.7 Å². The molecular formula is C34H34ClF4N3O3. The van der Waals surface area contributed by atoms with Gasteiger partial charge in [-0.05, 0) is 110 Å². The predicted octanol–water partition coefficient (Wildman–Crippen LogP) is 7.05. The molecular weight excluding hydrogens is 610 g/mol. The largest absolute Gasteiger partial charge is 0.494 e. The first-order valence-corrected chi connectivity index (χ1v) is 15.5. The lowest BCUT2D eigenvalue weighted by molar-refractivity contribution is -0.137. The Bertz CT molecular complexity index is 1620. The molecule has 1 unspecified atom stereocenters. The molecule has 0 radical (unpaired) electrons. The number of ether oxygens (including phenoxy) is 1. The smallest absolute Gasteiger partial charge is 0.416 e. The summed E-state index contributed by atoms with van der Waals surface area (Å²) in [5, 5.41) is 2.77. The summed E-state index contributed by atoms with van der Waals surface area (Å²) in [6, 6.07) is 12.8. The van der Waals surface area contributed by atoms with Gasteiger partial charge in [-0.15, -0.1) is 0 Å². The minimum Gasteiger partial charge on any atom is -0.494 e. The summed E-state index contributed by atoms with van der Waals surface area (Å²) in [6.07, 6.45) is -0.528. The van der Waals surface area contributed by atoms with Crippen molar-refractivity contribution in [3.63, 3.8) is 0 Å². The van der Waals surface area contributed by atoms with Crippen LogP contribution in [0.25, 0.3) is 0 Å². The highest BCUT2D eigenvalue weighted by atomic mass is 35.5. The number of aryl methyl sites for hydroxylation is 1. The molecule has 3 aromatic rings. The van der Waals surface area contributed by atoms with E-state index in [1.54, 1.807) is 6.07 Å². The van der Waals surface area contributed by atoms with E-state index in [4.69, 9.17) is 16.3 Å². The lowest BCUT2D eigenvalue weighted by atomic mass is 9.77. The Kier molecular flexibility index (Phi) is 8.56. The molecule has 1 N–H and O–H groups in total. The second kappa shape index (κ2) is 12.3. The van der Waals surface area contributed by atoms with Crippen molar-refractivity contribution in [2.75, 3.05) is 33.3 Å². The molecule has 0 bridgehead atoms. The Labute approximate surface area is 264 Å². The number of rotatable bonds is 6. The van der Waals surface area contributed by atoms with Crippen molar-refractivity contribution in [1.29, 1.82) is 0 Å². The Morgan fingerprint density at radius 1 is 1.02 bits per heavy atom. The first-order valence-electron chi connectivity index (χ1n) is 15.1. The molecule has 2 fully saturated rings. The van der Waals surface area contributed by atoms with Crippen LogP contribution in [0.3, 0.4) is 0 Å². The van der Waals surface area contributed by atoms with Gasteiger partial charge in [-0.3, -0.25) is 14.5 Å². The molecule has 0 saturated carbocycles. The minimum atomic E-state index is -4.60. The number of nitrogens with zero attached hydrogens (tertiary/aromatic N) is 2. The Hall–Kier alpha value is -3.63. The molecule has 3 aliphatic rings. The van der Waals surface area contributed by atoms with Crippen LogP contribution in [0.15, 0.2) is 54.6 Å². The second-order valence-electron chi connectivity index (χ2n) is 12.4. The predicted molar refractivity (Wildman–Crippen MR) is 162 cm³/mol.